The van der Waals surface area contributed by atoms with E-state index in [1.165, 1.54) is 17.3 Å². The van der Waals surface area contributed by atoms with Crippen LogP contribution in [0.1, 0.15) is 43.3 Å². The highest BCUT2D eigenvalue weighted by Crippen LogP contribution is 2.21. The van der Waals surface area contributed by atoms with Crippen molar-refractivity contribution in [2.24, 2.45) is 12.0 Å². The average molecular weight is 521 g/mol. The summed E-state index contributed by atoms with van der Waals surface area (Å²) >= 11 is 0. The van der Waals surface area contributed by atoms with Crippen LogP contribution in [0.5, 0.6) is 5.75 Å². The molecule has 2 N–H and O–H groups in total. The Hall–Kier alpha value is -1.91. The maximum atomic E-state index is 12.6. The van der Waals surface area contributed by atoms with Crippen molar-refractivity contribution in [3.8, 4) is 5.75 Å². The van der Waals surface area contributed by atoms with E-state index in [1.54, 1.807) is 18.2 Å². The summed E-state index contributed by atoms with van der Waals surface area (Å²) in [6.45, 7) is 4.83. The summed E-state index contributed by atoms with van der Waals surface area (Å²) in [4.78, 5) is 4.53. The van der Waals surface area contributed by atoms with E-state index in [9.17, 15) is 8.78 Å². The SMILES string of the molecule is CCNC(=NCc1ccccc1OC(F)F)NCc1c(CC)nn(C)c1CC.I. The molecular formula is C20H30F2IN5O. The number of nitrogens with one attached hydrogen (secondary N) is 2. The quantitative estimate of drug-likeness (QED) is 0.298. The van der Waals surface area contributed by atoms with E-state index in [1.807, 2.05) is 18.7 Å². The van der Waals surface area contributed by atoms with Crippen molar-refractivity contribution in [1.29, 1.82) is 0 Å². The Morgan fingerprint density at radius 2 is 1.90 bits per heavy atom. The van der Waals surface area contributed by atoms with Crippen LogP contribution in [0, 0.1) is 0 Å². The number of rotatable bonds is 9. The Balaban J connectivity index is 0.00000420. The first-order valence-corrected chi connectivity index (χ1v) is 9.58. The molecule has 0 unspecified atom stereocenters. The maximum absolute atomic E-state index is 12.6. The first-order chi connectivity index (χ1) is 13.5. The van der Waals surface area contributed by atoms with Gasteiger partial charge in [-0.1, -0.05) is 32.0 Å². The van der Waals surface area contributed by atoms with E-state index in [4.69, 9.17) is 0 Å². The number of aryl methyl sites for hydroxylation is 2. The normalized spacial score (nSPS) is 11.3. The van der Waals surface area contributed by atoms with E-state index in [-0.39, 0.29) is 36.3 Å². The van der Waals surface area contributed by atoms with E-state index >= 15 is 0 Å². The minimum absolute atomic E-state index is 0. The lowest BCUT2D eigenvalue weighted by molar-refractivity contribution is -0.0504. The second-order valence-electron chi connectivity index (χ2n) is 6.24. The highest BCUT2D eigenvalue weighted by Gasteiger charge is 2.14. The molecule has 0 bridgehead atoms. The summed E-state index contributed by atoms with van der Waals surface area (Å²) in [5, 5.41) is 11.1. The molecule has 0 fully saturated rings. The minimum Gasteiger partial charge on any atom is -0.434 e. The molecule has 0 aliphatic carbocycles. The number of hydrogen-bond donors (Lipinski definition) is 2. The van der Waals surface area contributed by atoms with Gasteiger partial charge in [-0.2, -0.15) is 13.9 Å². The Kier molecular flexibility index (Phi) is 10.9. The monoisotopic (exact) mass is 521 g/mol. The number of aliphatic imine (C=N–C) groups is 1. The van der Waals surface area contributed by atoms with Gasteiger partial charge in [-0.3, -0.25) is 4.68 Å². The fourth-order valence-electron chi connectivity index (χ4n) is 3.12. The number of guanidine groups is 1. The van der Waals surface area contributed by atoms with Crippen LogP contribution in [-0.4, -0.2) is 28.9 Å². The van der Waals surface area contributed by atoms with Gasteiger partial charge in [-0.25, -0.2) is 4.99 Å². The van der Waals surface area contributed by atoms with Crippen LogP contribution in [0.15, 0.2) is 29.3 Å². The number of para-hydroxylation sites is 1. The molecule has 0 amide bonds. The topological polar surface area (TPSA) is 63.5 Å². The van der Waals surface area contributed by atoms with Crippen molar-refractivity contribution < 1.29 is 13.5 Å². The van der Waals surface area contributed by atoms with Crippen molar-refractivity contribution >= 4 is 29.9 Å². The zero-order valence-corrected chi connectivity index (χ0v) is 19.7. The Morgan fingerprint density at radius 1 is 1.17 bits per heavy atom. The minimum atomic E-state index is -2.86. The molecule has 0 atom stereocenters. The van der Waals surface area contributed by atoms with Crippen LogP contribution in [-0.2, 0) is 33.0 Å². The van der Waals surface area contributed by atoms with Gasteiger partial charge in [-0.15, -0.1) is 24.0 Å². The third-order valence-corrected chi connectivity index (χ3v) is 4.40. The van der Waals surface area contributed by atoms with Crippen LogP contribution in [0.2, 0.25) is 0 Å². The molecule has 9 heteroatoms. The molecule has 0 spiro atoms. The van der Waals surface area contributed by atoms with Crippen molar-refractivity contribution in [1.82, 2.24) is 20.4 Å². The van der Waals surface area contributed by atoms with Crippen LogP contribution in [0.25, 0.3) is 0 Å². The van der Waals surface area contributed by atoms with Crippen molar-refractivity contribution in [2.45, 2.75) is 53.3 Å². The van der Waals surface area contributed by atoms with E-state index in [0.29, 0.717) is 24.6 Å². The molecule has 1 aromatic carbocycles. The lowest BCUT2D eigenvalue weighted by Gasteiger charge is -2.13. The third-order valence-electron chi connectivity index (χ3n) is 4.40. The highest BCUT2D eigenvalue weighted by atomic mass is 127. The largest absolute Gasteiger partial charge is 0.434 e. The van der Waals surface area contributed by atoms with Gasteiger partial charge in [-0.05, 0) is 25.8 Å². The molecule has 0 aliphatic rings. The molecule has 6 nitrogen and oxygen atoms in total. The van der Waals surface area contributed by atoms with Gasteiger partial charge in [0.1, 0.15) is 5.75 Å². The average Bonchev–Trinajstić information content (AvgIpc) is 2.99. The Morgan fingerprint density at radius 3 is 2.52 bits per heavy atom. The molecule has 0 aliphatic heterocycles. The number of halogens is 3. The summed E-state index contributed by atoms with van der Waals surface area (Å²) in [6.07, 6.45) is 1.75. The van der Waals surface area contributed by atoms with E-state index < -0.39 is 6.61 Å². The highest BCUT2D eigenvalue weighted by molar-refractivity contribution is 14.0. The molecular weight excluding hydrogens is 491 g/mol. The number of benzene rings is 1. The van der Waals surface area contributed by atoms with Crippen molar-refractivity contribution in [3.63, 3.8) is 0 Å². The fraction of sp³-hybridized carbons (Fsp3) is 0.500. The number of hydrogen-bond acceptors (Lipinski definition) is 3. The molecule has 1 heterocycles. The second-order valence-corrected chi connectivity index (χ2v) is 6.24. The van der Waals surface area contributed by atoms with E-state index in [0.717, 1.165) is 18.5 Å². The second kappa shape index (κ2) is 12.6. The van der Waals surface area contributed by atoms with Gasteiger partial charge < -0.3 is 15.4 Å². The zero-order chi connectivity index (χ0) is 20.5. The molecule has 0 saturated heterocycles. The summed E-state index contributed by atoms with van der Waals surface area (Å²) in [5.74, 6) is 0.758. The summed E-state index contributed by atoms with van der Waals surface area (Å²) < 4.78 is 31.7. The van der Waals surface area contributed by atoms with Gasteiger partial charge in [0, 0.05) is 37.0 Å². The van der Waals surface area contributed by atoms with Crippen LogP contribution < -0.4 is 15.4 Å². The van der Waals surface area contributed by atoms with Crippen molar-refractivity contribution in [2.75, 3.05) is 6.54 Å². The van der Waals surface area contributed by atoms with Crippen molar-refractivity contribution in [3.05, 3.63) is 46.8 Å². The first kappa shape index (κ1) is 25.1. The van der Waals surface area contributed by atoms with Gasteiger partial charge in [0.2, 0.25) is 0 Å². The number of nitrogens with zero attached hydrogens (tertiary/aromatic N) is 3. The Labute approximate surface area is 188 Å². The number of ether oxygens (including phenoxy) is 1. The molecule has 2 aromatic rings. The van der Waals surface area contributed by atoms with Gasteiger partial charge in [0.15, 0.2) is 5.96 Å². The van der Waals surface area contributed by atoms with E-state index in [2.05, 4.69) is 39.3 Å². The molecule has 2 rings (SSSR count). The van der Waals surface area contributed by atoms with Gasteiger partial charge in [0.05, 0.1) is 12.2 Å². The zero-order valence-electron chi connectivity index (χ0n) is 17.3. The number of alkyl halides is 2. The predicted molar refractivity (Wildman–Crippen MR) is 122 cm³/mol. The van der Waals surface area contributed by atoms with Crippen LogP contribution in [0.4, 0.5) is 8.78 Å². The lowest BCUT2D eigenvalue weighted by atomic mass is 10.1. The summed E-state index contributed by atoms with van der Waals surface area (Å²) in [6, 6.07) is 6.69. The van der Waals surface area contributed by atoms with Crippen LogP contribution in [0.3, 0.4) is 0 Å². The number of aromatic nitrogens is 2. The maximum Gasteiger partial charge on any atom is 0.387 e. The predicted octanol–water partition coefficient (Wildman–Crippen LogP) is 4.02. The Bertz CT molecular complexity index is 795. The molecule has 0 radical (unpaired) electrons. The lowest BCUT2D eigenvalue weighted by Crippen LogP contribution is -2.37. The van der Waals surface area contributed by atoms with Crippen LogP contribution >= 0.6 is 24.0 Å². The first-order valence-electron chi connectivity index (χ1n) is 9.58. The smallest absolute Gasteiger partial charge is 0.387 e. The van der Waals surface area contributed by atoms with Gasteiger partial charge >= 0.3 is 6.61 Å². The molecule has 29 heavy (non-hydrogen) atoms. The fourth-order valence-corrected chi connectivity index (χ4v) is 3.12. The van der Waals surface area contributed by atoms with Gasteiger partial charge in [0.25, 0.3) is 0 Å². The molecule has 1 aromatic heterocycles. The molecule has 162 valence electrons. The third kappa shape index (κ3) is 7.13. The summed E-state index contributed by atoms with van der Waals surface area (Å²) in [7, 11) is 1.96. The molecule has 0 saturated carbocycles. The summed E-state index contributed by atoms with van der Waals surface area (Å²) in [5.41, 5.74) is 4.04. The standard InChI is InChI=1S/C20H29F2N5O.HI/c1-5-16-15(17(6-2)27(4)26-16)13-25-20(23-7-3)24-12-14-10-8-9-11-18(14)28-19(21)22;/h8-11,19H,5-7,12-13H2,1-4H3,(H2,23,24,25);1H.